The molecule has 0 spiro atoms. The minimum atomic E-state index is 1.00. The van der Waals surface area contributed by atoms with Gasteiger partial charge in [0.2, 0.25) is 0 Å². The quantitative estimate of drug-likeness (QED) is 0.666. The fourth-order valence-corrected chi connectivity index (χ4v) is 2.58. The van der Waals surface area contributed by atoms with Gasteiger partial charge in [0, 0.05) is 27.2 Å². The Bertz CT molecular complexity index is 776. The molecule has 1 nitrogen and oxygen atoms in total. The molecule has 0 atom stereocenters. The third kappa shape index (κ3) is 2.64. The molecule has 0 bridgehead atoms. The zero-order valence-electron chi connectivity index (χ0n) is 13.2. The Morgan fingerprint density at radius 2 is 1.29 bits per heavy atom. The minimum Gasteiger partial charge on any atom is -0.310 e. The van der Waals surface area contributed by atoms with E-state index in [1.165, 1.54) is 16.3 Å². The first-order valence-corrected chi connectivity index (χ1v) is 7.59. The molecule has 0 aliphatic rings. The number of rotatable bonds is 2. The van der Waals surface area contributed by atoms with E-state index >= 15 is 0 Å². The van der Waals surface area contributed by atoms with Crippen molar-refractivity contribution in [1.29, 1.82) is 0 Å². The Balaban J connectivity index is 0.000000774. The van der Waals surface area contributed by atoms with Gasteiger partial charge in [-0.3, -0.25) is 0 Å². The van der Waals surface area contributed by atoms with Crippen molar-refractivity contribution in [1.82, 2.24) is 4.57 Å². The minimum absolute atomic E-state index is 1.00. The molecule has 1 heterocycles. The standard InChI is InChI=1S/C18H17N.C2H6/c1-4-15-9-11-16(12-10-15)19-13(2)17-7-5-6-8-18(17)14(19)3;1-2/h5-12H,2-4H2,1H3;1-2H3. The van der Waals surface area contributed by atoms with Crippen LogP contribution in [0, 0.1) is 0 Å². The Labute approximate surface area is 126 Å². The first kappa shape index (κ1) is 15.1. The van der Waals surface area contributed by atoms with Gasteiger partial charge in [0.1, 0.15) is 0 Å². The molecule has 3 rings (SSSR count). The second-order valence-corrected chi connectivity index (χ2v) is 4.79. The molecule has 0 saturated heterocycles. The highest BCUT2D eigenvalue weighted by atomic mass is 15.0. The molecule has 21 heavy (non-hydrogen) atoms. The summed E-state index contributed by atoms with van der Waals surface area (Å²) in [7, 11) is 0. The number of benzene rings is 2. The van der Waals surface area contributed by atoms with Crippen LogP contribution in [-0.2, 0) is 6.42 Å². The molecule has 1 heteroatoms. The topological polar surface area (TPSA) is 4.93 Å². The fourth-order valence-electron chi connectivity index (χ4n) is 2.58. The van der Waals surface area contributed by atoms with Gasteiger partial charge in [0.15, 0.2) is 0 Å². The van der Waals surface area contributed by atoms with E-state index < -0.39 is 0 Å². The SMILES string of the molecule is C=c1c2ccccc2c(=C)n1-c1ccc(CC)cc1.CC. The monoisotopic (exact) mass is 277 g/mol. The molecule has 0 N–H and O–H groups in total. The molecule has 0 aliphatic carbocycles. The van der Waals surface area contributed by atoms with E-state index in [0.29, 0.717) is 0 Å². The van der Waals surface area contributed by atoms with Crippen molar-refractivity contribution in [2.24, 2.45) is 0 Å². The largest absolute Gasteiger partial charge is 0.310 e. The highest BCUT2D eigenvalue weighted by molar-refractivity contribution is 5.84. The summed E-state index contributed by atoms with van der Waals surface area (Å²) in [5, 5.41) is 4.36. The van der Waals surface area contributed by atoms with E-state index in [-0.39, 0.29) is 0 Å². The molecule has 0 aliphatic heterocycles. The molecular formula is C20H23N. The van der Waals surface area contributed by atoms with Crippen molar-refractivity contribution >= 4 is 23.9 Å². The summed E-state index contributed by atoms with van der Waals surface area (Å²) in [6.07, 6.45) is 1.06. The van der Waals surface area contributed by atoms with Gasteiger partial charge >= 0.3 is 0 Å². The smallest absolute Gasteiger partial charge is 0.0469 e. The van der Waals surface area contributed by atoms with Crippen LogP contribution >= 0.6 is 0 Å². The van der Waals surface area contributed by atoms with Gasteiger partial charge in [0.05, 0.1) is 0 Å². The normalized spacial score (nSPS) is 10.2. The maximum absolute atomic E-state index is 4.21. The summed E-state index contributed by atoms with van der Waals surface area (Å²) < 4.78 is 2.13. The lowest BCUT2D eigenvalue weighted by Gasteiger charge is -2.05. The van der Waals surface area contributed by atoms with Crippen molar-refractivity contribution < 1.29 is 0 Å². The third-order valence-corrected chi connectivity index (χ3v) is 3.69. The molecule has 1 aromatic heterocycles. The number of nitrogens with zero attached hydrogens (tertiary/aromatic N) is 1. The third-order valence-electron chi connectivity index (χ3n) is 3.69. The highest BCUT2D eigenvalue weighted by Gasteiger charge is 2.05. The second-order valence-electron chi connectivity index (χ2n) is 4.79. The van der Waals surface area contributed by atoms with Crippen LogP contribution in [0.4, 0.5) is 0 Å². The molecule has 108 valence electrons. The van der Waals surface area contributed by atoms with Crippen LogP contribution in [0.2, 0.25) is 0 Å². The molecule has 0 fully saturated rings. The van der Waals surface area contributed by atoms with Gasteiger partial charge < -0.3 is 4.57 Å². The first-order valence-electron chi connectivity index (χ1n) is 7.59. The van der Waals surface area contributed by atoms with Crippen molar-refractivity contribution in [3.8, 4) is 5.69 Å². The summed E-state index contributed by atoms with van der Waals surface area (Å²) in [4.78, 5) is 0. The van der Waals surface area contributed by atoms with E-state index in [9.17, 15) is 0 Å². The van der Waals surface area contributed by atoms with Crippen LogP contribution < -0.4 is 10.7 Å². The number of aryl methyl sites for hydroxylation is 1. The molecule has 2 aromatic carbocycles. The Kier molecular flexibility index (Phi) is 4.64. The maximum atomic E-state index is 4.21. The van der Waals surface area contributed by atoms with Gasteiger partial charge in [0.25, 0.3) is 0 Å². The predicted molar refractivity (Wildman–Crippen MR) is 94.3 cm³/mol. The predicted octanol–water partition coefficient (Wildman–Crippen LogP) is 4.04. The lowest BCUT2D eigenvalue weighted by molar-refractivity contribution is 1.00. The van der Waals surface area contributed by atoms with Gasteiger partial charge in [-0.25, -0.2) is 0 Å². The first-order chi connectivity index (χ1) is 10.2. The number of aromatic nitrogens is 1. The van der Waals surface area contributed by atoms with Crippen molar-refractivity contribution in [3.05, 3.63) is 64.8 Å². The average molecular weight is 277 g/mol. The van der Waals surface area contributed by atoms with E-state index in [4.69, 9.17) is 0 Å². The lowest BCUT2D eigenvalue weighted by atomic mass is 10.1. The Morgan fingerprint density at radius 1 is 0.810 bits per heavy atom. The molecule has 3 aromatic rings. The molecule has 0 radical (unpaired) electrons. The van der Waals surface area contributed by atoms with E-state index in [1.807, 2.05) is 26.0 Å². The molecule has 0 amide bonds. The number of hydrogen-bond acceptors (Lipinski definition) is 0. The van der Waals surface area contributed by atoms with Crippen LogP contribution in [-0.4, -0.2) is 4.57 Å². The van der Waals surface area contributed by atoms with Gasteiger partial charge in [-0.1, -0.05) is 70.3 Å². The number of fused-ring (bicyclic) bond motifs is 1. The van der Waals surface area contributed by atoms with E-state index in [2.05, 4.69) is 61.0 Å². The zero-order chi connectivity index (χ0) is 15.4. The Hall–Kier alpha value is -2.28. The molecule has 0 unspecified atom stereocenters. The van der Waals surface area contributed by atoms with Crippen LogP contribution in [0.15, 0.2) is 48.5 Å². The van der Waals surface area contributed by atoms with E-state index in [0.717, 1.165) is 22.8 Å². The maximum Gasteiger partial charge on any atom is 0.0469 e. The summed E-state index contributed by atoms with van der Waals surface area (Å²) in [5.41, 5.74) is 2.47. The van der Waals surface area contributed by atoms with Crippen LogP contribution in [0.25, 0.3) is 29.6 Å². The summed E-state index contributed by atoms with van der Waals surface area (Å²) in [5.74, 6) is 0. The zero-order valence-corrected chi connectivity index (χ0v) is 13.2. The van der Waals surface area contributed by atoms with Crippen molar-refractivity contribution in [3.63, 3.8) is 0 Å². The van der Waals surface area contributed by atoms with E-state index in [1.54, 1.807) is 0 Å². The van der Waals surface area contributed by atoms with Crippen molar-refractivity contribution in [2.45, 2.75) is 27.2 Å². The fraction of sp³-hybridized carbons (Fsp3) is 0.200. The van der Waals surface area contributed by atoms with Crippen LogP contribution in [0.5, 0.6) is 0 Å². The van der Waals surface area contributed by atoms with Crippen LogP contribution in [0.1, 0.15) is 26.3 Å². The summed E-state index contributed by atoms with van der Waals surface area (Å²) in [6, 6.07) is 16.9. The second kappa shape index (κ2) is 6.45. The number of hydrogen-bond donors (Lipinski definition) is 0. The lowest BCUT2D eigenvalue weighted by Crippen LogP contribution is -2.22. The van der Waals surface area contributed by atoms with Crippen LogP contribution in [0.3, 0.4) is 0 Å². The van der Waals surface area contributed by atoms with Gasteiger partial charge in [-0.05, 0) is 24.1 Å². The summed E-state index contributed by atoms with van der Waals surface area (Å²) >= 11 is 0. The molecule has 0 saturated carbocycles. The van der Waals surface area contributed by atoms with Crippen molar-refractivity contribution in [2.75, 3.05) is 0 Å². The Morgan fingerprint density at radius 3 is 1.71 bits per heavy atom. The van der Waals surface area contributed by atoms with Gasteiger partial charge in [-0.15, -0.1) is 0 Å². The molecular weight excluding hydrogens is 254 g/mol. The van der Waals surface area contributed by atoms with Gasteiger partial charge in [-0.2, -0.15) is 0 Å². The average Bonchev–Trinajstić information content (AvgIpc) is 2.81. The highest BCUT2D eigenvalue weighted by Crippen LogP contribution is 2.11. The summed E-state index contributed by atoms with van der Waals surface area (Å²) in [6.45, 7) is 14.6.